The highest BCUT2D eigenvalue weighted by Gasteiger charge is 2.27. The summed E-state index contributed by atoms with van der Waals surface area (Å²) in [5.74, 6) is -1.76. The second-order valence-corrected chi connectivity index (χ2v) is 11.2. The van der Waals surface area contributed by atoms with Gasteiger partial charge in [0, 0.05) is 23.7 Å². The Bertz CT molecular complexity index is 1430. The number of nitrogens with zero attached hydrogens (tertiary/aromatic N) is 2. The molecule has 0 aliphatic carbocycles. The Morgan fingerprint density at radius 2 is 1.76 bits per heavy atom. The summed E-state index contributed by atoms with van der Waals surface area (Å²) in [4.78, 5) is 23.9. The molecule has 3 aromatic rings. The van der Waals surface area contributed by atoms with Crippen molar-refractivity contribution in [2.24, 2.45) is 11.8 Å². The number of ether oxygens (including phenoxy) is 1. The van der Waals surface area contributed by atoms with Crippen molar-refractivity contribution in [1.29, 1.82) is 0 Å². The molecule has 10 nitrogen and oxygen atoms in total. The van der Waals surface area contributed by atoms with E-state index < -0.39 is 16.0 Å². The number of aryl methyl sites for hydroxylation is 1. The van der Waals surface area contributed by atoms with Crippen LogP contribution in [0.2, 0.25) is 0 Å². The maximum Gasteiger partial charge on any atom is 0.356 e. The molecule has 0 saturated heterocycles. The normalized spacial score (nSPS) is 11.7. The van der Waals surface area contributed by atoms with Gasteiger partial charge in [-0.2, -0.15) is 9.78 Å². The van der Waals surface area contributed by atoms with Crippen molar-refractivity contribution in [2.45, 2.75) is 46.4 Å². The number of rotatable bonds is 10. The second-order valence-electron chi connectivity index (χ2n) is 9.44. The lowest BCUT2D eigenvalue weighted by atomic mass is 10.2. The summed E-state index contributed by atoms with van der Waals surface area (Å²) in [7, 11) is -4.06. The van der Waals surface area contributed by atoms with Gasteiger partial charge in [-0.3, -0.25) is 4.79 Å². The fraction of sp³-hybridized carbons (Fsp3) is 0.346. The molecule has 0 fully saturated rings. The molecular weight excluding hydrogens is 496 g/mol. The van der Waals surface area contributed by atoms with E-state index in [1.807, 2.05) is 32.9 Å². The van der Waals surface area contributed by atoms with E-state index in [2.05, 4.69) is 15.1 Å². The highest BCUT2D eigenvalue weighted by molar-refractivity contribution is 7.89. The lowest BCUT2D eigenvalue weighted by Crippen LogP contribution is -2.28. The van der Waals surface area contributed by atoms with Crippen molar-refractivity contribution in [1.82, 2.24) is 14.5 Å². The zero-order valence-electron chi connectivity index (χ0n) is 21.7. The van der Waals surface area contributed by atoms with Crippen LogP contribution in [0.15, 0.2) is 47.4 Å². The molecule has 0 radical (unpaired) electrons. The maximum absolute atomic E-state index is 13.3. The van der Waals surface area contributed by atoms with Crippen LogP contribution in [0.1, 0.15) is 49.3 Å². The number of amides is 1. The van der Waals surface area contributed by atoms with Gasteiger partial charge in [0.2, 0.25) is 21.8 Å². The van der Waals surface area contributed by atoms with Gasteiger partial charge in [-0.1, -0.05) is 45.9 Å². The van der Waals surface area contributed by atoms with Crippen LogP contribution in [0.25, 0.3) is 5.69 Å². The molecule has 198 valence electrons. The molecule has 1 aromatic heterocycles. The van der Waals surface area contributed by atoms with E-state index >= 15 is 0 Å². The van der Waals surface area contributed by atoms with E-state index in [0.29, 0.717) is 5.69 Å². The summed E-state index contributed by atoms with van der Waals surface area (Å²) in [5, 5.41) is 16.6. The summed E-state index contributed by atoms with van der Waals surface area (Å²) < 4.78 is 36.6. The lowest BCUT2D eigenvalue weighted by molar-refractivity contribution is -0.118. The molecule has 2 aromatic carbocycles. The zero-order chi connectivity index (χ0) is 27.5. The Hall–Kier alpha value is -3.70. The number of carboxylic acids is 1. The molecular formula is C26H32N4O6S. The SMILES string of the molecule is Cc1ccccc1-n1nc(C(=O)O)c(C)c1Oc1ccc(NC(=O)C(C)C)cc1S(=O)(=O)NCC(C)C. The fourth-order valence-electron chi connectivity index (χ4n) is 3.39. The van der Waals surface area contributed by atoms with Crippen molar-refractivity contribution in [3.05, 3.63) is 59.3 Å². The smallest absolute Gasteiger partial charge is 0.356 e. The zero-order valence-corrected chi connectivity index (χ0v) is 22.5. The first kappa shape index (κ1) is 27.9. The number of carboxylic acid groups (broad SMARTS) is 1. The monoisotopic (exact) mass is 528 g/mol. The number of anilines is 1. The number of para-hydroxylation sites is 1. The molecule has 3 rings (SSSR count). The Kier molecular flexibility index (Phi) is 8.39. The third-order valence-electron chi connectivity index (χ3n) is 5.53. The van der Waals surface area contributed by atoms with Crippen LogP contribution in [0, 0.1) is 25.7 Å². The largest absolute Gasteiger partial charge is 0.476 e. The van der Waals surface area contributed by atoms with Gasteiger partial charge >= 0.3 is 5.97 Å². The number of aromatic carboxylic acids is 1. The van der Waals surface area contributed by atoms with Crippen LogP contribution in [-0.4, -0.2) is 41.7 Å². The Morgan fingerprint density at radius 3 is 2.35 bits per heavy atom. The van der Waals surface area contributed by atoms with Gasteiger partial charge in [-0.05, 0) is 49.6 Å². The van der Waals surface area contributed by atoms with E-state index in [-0.39, 0.29) is 57.8 Å². The first-order chi connectivity index (χ1) is 17.3. The van der Waals surface area contributed by atoms with Crippen molar-refractivity contribution < 1.29 is 27.9 Å². The van der Waals surface area contributed by atoms with Gasteiger partial charge in [0.05, 0.1) is 5.69 Å². The number of hydrogen-bond donors (Lipinski definition) is 3. The molecule has 0 spiro atoms. The van der Waals surface area contributed by atoms with Gasteiger partial charge < -0.3 is 15.2 Å². The van der Waals surface area contributed by atoms with Crippen LogP contribution in [0.3, 0.4) is 0 Å². The topological polar surface area (TPSA) is 140 Å². The standard InChI is InChI=1S/C26H32N4O6S/c1-15(2)14-27-37(34,35)22-13-19(28-24(31)16(3)4)11-12-21(22)36-25-18(6)23(26(32)33)29-30(25)20-10-8-7-9-17(20)5/h7-13,15-16,27H,14H2,1-6H3,(H,28,31)(H,32,33). The fourth-order valence-corrected chi connectivity index (χ4v) is 4.76. The highest BCUT2D eigenvalue weighted by atomic mass is 32.2. The van der Waals surface area contributed by atoms with Crippen LogP contribution in [0.4, 0.5) is 5.69 Å². The van der Waals surface area contributed by atoms with Crippen LogP contribution < -0.4 is 14.8 Å². The Morgan fingerprint density at radius 1 is 1.08 bits per heavy atom. The minimum atomic E-state index is -4.06. The second kappa shape index (κ2) is 11.1. The molecule has 1 heterocycles. The molecule has 0 atom stereocenters. The van der Waals surface area contributed by atoms with Crippen molar-refractivity contribution in [2.75, 3.05) is 11.9 Å². The quantitative estimate of drug-likeness (QED) is 0.352. The van der Waals surface area contributed by atoms with Crippen molar-refractivity contribution in [3.8, 4) is 17.3 Å². The average Bonchev–Trinajstić information content (AvgIpc) is 3.15. The number of hydrogen-bond acceptors (Lipinski definition) is 6. The Labute approximate surface area is 216 Å². The molecule has 0 saturated carbocycles. The molecule has 11 heteroatoms. The number of benzene rings is 2. The van der Waals surface area contributed by atoms with E-state index in [1.54, 1.807) is 32.9 Å². The highest BCUT2D eigenvalue weighted by Crippen LogP contribution is 2.36. The first-order valence-corrected chi connectivity index (χ1v) is 13.3. The third kappa shape index (κ3) is 6.36. The van der Waals surface area contributed by atoms with Crippen molar-refractivity contribution in [3.63, 3.8) is 0 Å². The van der Waals surface area contributed by atoms with Crippen LogP contribution in [-0.2, 0) is 14.8 Å². The van der Waals surface area contributed by atoms with Crippen LogP contribution >= 0.6 is 0 Å². The first-order valence-electron chi connectivity index (χ1n) is 11.8. The number of carbonyl (C=O) groups is 2. The van der Waals surface area contributed by atoms with E-state index in [9.17, 15) is 23.1 Å². The summed E-state index contributed by atoms with van der Waals surface area (Å²) in [6.45, 7) is 10.8. The molecule has 3 N–H and O–H groups in total. The molecule has 1 amide bonds. The third-order valence-corrected chi connectivity index (χ3v) is 6.97. The van der Waals surface area contributed by atoms with E-state index in [0.717, 1.165) is 5.56 Å². The molecule has 0 unspecified atom stereocenters. The Balaban J connectivity index is 2.18. The summed E-state index contributed by atoms with van der Waals surface area (Å²) in [6, 6.07) is 11.5. The molecule has 0 bridgehead atoms. The van der Waals surface area contributed by atoms with Gasteiger partial charge in [0.1, 0.15) is 10.6 Å². The predicted molar refractivity (Wildman–Crippen MR) is 140 cm³/mol. The average molecular weight is 529 g/mol. The van der Waals surface area contributed by atoms with Crippen LogP contribution in [0.5, 0.6) is 11.6 Å². The molecule has 0 aliphatic rings. The van der Waals surface area contributed by atoms with E-state index in [1.165, 1.54) is 22.9 Å². The minimum absolute atomic E-state index is 0.0471. The number of aromatic nitrogens is 2. The summed E-state index contributed by atoms with van der Waals surface area (Å²) in [6.07, 6.45) is 0. The van der Waals surface area contributed by atoms with Gasteiger partial charge in [-0.15, -0.1) is 0 Å². The van der Waals surface area contributed by atoms with Crippen molar-refractivity contribution >= 4 is 27.6 Å². The van der Waals surface area contributed by atoms with Gasteiger partial charge in [0.25, 0.3) is 0 Å². The molecule has 37 heavy (non-hydrogen) atoms. The number of nitrogens with one attached hydrogen (secondary N) is 2. The summed E-state index contributed by atoms with van der Waals surface area (Å²) >= 11 is 0. The van der Waals surface area contributed by atoms with E-state index in [4.69, 9.17) is 4.74 Å². The summed E-state index contributed by atoms with van der Waals surface area (Å²) in [5.41, 5.74) is 1.68. The minimum Gasteiger partial charge on any atom is -0.476 e. The van der Waals surface area contributed by atoms with Gasteiger partial charge in [-0.25, -0.2) is 17.9 Å². The number of sulfonamides is 1. The molecule has 0 aliphatic heterocycles. The number of carbonyl (C=O) groups excluding carboxylic acids is 1. The lowest BCUT2D eigenvalue weighted by Gasteiger charge is -2.17. The van der Waals surface area contributed by atoms with Gasteiger partial charge in [0.15, 0.2) is 5.69 Å². The predicted octanol–water partition coefficient (Wildman–Crippen LogP) is 4.51. The maximum atomic E-state index is 13.3.